The van der Waals surface area contributed by atoms with Crippen LogP contribution in [0.5, 0.6) is 5.75 Å². The molecule has 158 valence electrons. The zero-order valence-corrected chi connectivity index (χ0v) is 17.7. The predicted molar refractivity (Wildman–Crippen MR) is 113 cm³/mol. The monoisotopic (exact) mass is 399 g/mol. The van der Waals surface area contributed by atoms with Crippen molar-refractivity contribution in [2.45, 2.75) is 38.8 Å². The predicted octanol–water partition coefficient (Wildman–Crippen LogP) is 2.03. The van der Waals surface area contributed by atoms with Gasteiger partial charge in [0, 0.05) is 38.3 Å². The fourth-order valence-electron chi connectivity index (χ4n) is 4.32. The van der Waals surface area contributed by atoms with Gasteiger partial charge in [-0.05, 0) is 63.3 Å². The lowest BCUT2D eigenvalue weighted by Gasteiger charge is -2.46. The highest BCUT2D eigenvalue weighted by atomic mass is 16.5. The van der Waals surface area contributed by atoms with E-state index in [9.17, 15) is 4.79 Å². The minimum Gasteiger partial charge on any atom is -0.492 e. The van der Waals surface area contributed by atoms with Crippen LogP contribution in [0, 0.1) is 23.2 Å². The molecule has 0 aliphatic carbocycles. The summed E-state index contributed by atoms with van der Waals surface area (Å²) >= 11 is 0. The summed E-state index contributed by atoms with van der Waals surface area (Å²) in [6, 6.07) is 9.16. The topological polar surface area (TPSA) is 94.6 Å². The van der Waals surface area contributed by atoms with E-state index >= 15 is 0 Å². The van der Waals surface area contributed by atoms with Crippen molar-refractivity contribution in [3.63, 3.8) is 0 Å². The number of fused-ring (bicyclic) bond motifs is 2. The van der Waals surface area contributed by atoms with Crippen molar-refractivity contribution in [1.29, 1.82) is 5.26 Å². The molecular weight excluding hydrogens is 366 g/mol. The fraction of sp³-hybridized carbons (Fsp3) is 0.636. The molecule has 29 heavy (non-hydrogen) atoms. The van der Waals surface area contributed by atoms with Gasteiger partial charge in [-0.2, -0.15) is 5.26 Å². The molecule has 3 unspecified atom stereocenters. The molecule has 0 saturated carbocycles. The number of carbonyl (C=O) groups is 1. The molecule has 3 rings (SSSR count). The van der Waals surface area contributed by atoms with Crippen molar-refractivity contribution < 1.29 is 9.53 Å². The van der Waals surface area contributed by atoms with Gasteiger partial charge in [-0.3, -0.25) is 0 Å². The first-order valence-electron chi connectivity index (χ1n) is 10.4. The van der Waals surface area contributed by atoms with E-state index in [0.717, 1.165) is 38.5 Å². The molecule has 1 aromatic rings. The number of carbonyl (C=O) groups excluding carboxylic acids is 1. The van der Waals surface area contributed by atoms with E-state index in [1.54, 1.807) is 24.3 Å². The molecule has 3 atom stereocenters. The Morgan fingerprint density at radius 2 is 1.86 bits per heavy atom. The van der Waals surface area contributed by atoms with E-state index in [-0.39, 0.29) is 17.6 Å². The summed E-state index contributed by atoms with van der Waals surface area (Å²) in [6.45, 7) is 10.8. The minimum atomic E-state index is -0.211. The number of ether oxygens (including phenoxy) is 1. The Hall–Kier alpha value is -2.30. The van der Waals surface area contributed by atoms with Crippen LogP contribution in [0.2, 0.25) is 0 Å². The Morgan fingerprint density at radius 1 is 1.24 bits per heavy atom. The van der Waals surface area contributed by atoms with E-state index in [0.29, 0.717) is 24.0 Å². The van der Waals surface area contributed by atoms with Crippen LogP contribution in [0.15, 0.2) is 24.3 Å². The Labute approximate surface area is 173 Å². The summed E-state index contributed by atoms with van der Waals surface area (Å²) in [5, 5.41) is 11.9. The zero-order chi connectivity index (χ0) is 21.0. The molecule has 7 nitrogen and oxygen atoms in total. The average molecular weight is 400 g/mol. The van der Waals surface area contributed by atoms with Gasteiger partial charge in [-0.25, -0.2) is 4.79 Å². The molecule has 1 aromatic carbocycles. The maximum absolute atomic E-state index is 12.5. The number of urea groups is 1. The number of nitrogens with one attached hydrogen (secondary N) is 1. The highest BCUT2D eigenvalue weighted by Crippen LogP contribution is 2.28. The van der Waals surface area contributed by atoms with E-state index < -0.39 is 0 Å². The lowest BCUT2D eigenvalue weighted by Crippen LogP contribution is -2.59. The summed E-state index contributed by atoms with van der Waals surface area (Å²) in [6.07, 6.45) is 1.19. The molecule has 2 amide bonds. The molecule has 0 aromatic heterocycles. The zero-order valence-electron chi connectivity index (χ0n) is 17.7. The number of likely N-dealkylation sites (tertiary alicyclic amines) is 2. The van der Waals surface area contributed by atoms with Crippen LogP contribution in [0.1, 0.15) is 32.8 Å². The molecule has 2 heterocycles. The van der Waals surface area contributed by atoms with Crippen molar-refractivity contribution in [3.8, 4) is 11.8 Å². The van der Waals surface area contributed by atoms with Gasteiger partial charge in [-0.15, -0.1) is 0 Å². The summed E-state index contributed by atoms with van der Waals surface area (Å²) in [5.41, 5.74) is 6.72. The molecule has 0 spiro atoms. The maximum atomic E-state index is 12.5. The molecule has 0 radical (unpaired) electrons. The van der Waals surface area contributed by atoms with Gasteiger partial charge in [0.1, 0.15) is 12.4 Å². The number of nitrogens with zero attached hydrogens (tertiary/aromatic N) is 3. The van der Waals surface area contributed by atoms with Crippen LogP contribution < -0.4 is 15.8 Å². The van der Waals surface area contributed by atoms with E-state index in [2.05, 4.69) is 16.3 Å². The second kappa shape index (κ2) is 9.02. The summed E-state index contributed by atoms with van der Waals surface area (Å²) in [5.74, 6) is 1.73. The third kappa shape index (κ3) is 6.34. The SMILES string of the molecule is CC(C)(C)NC(=O)N1CC2CC(CN(CC(N)COc3ccc(C#N)cc3)C2)C1. The molecule has 2 fully saturated rings. The van der Waals surface area contributed by atoms with Crippen LogP contribution in [-0.4, -0.2) is 66.7 Å². The second-order valence-electron chi connectivity index (χ2n) is 9.48. The molecule has 2 aliphatic heterocycles. The average Bonchev–Trinajstić information content (AvgIpc) is 2.64. The molecule has 2 saturated heterocycles. The Morgan fingerprint density at radius 3 is 2.41 bits per heavy atom. The van der Waals surface area contributed by atoms with Gasteiger partial charge in [0.25, 0.3) is 0 Å². The molecule has 2 bridgehead atoms. The Kier molecular flexibility index (Phi) is 6.66. The Bertz CT molecular complexity index is 723. The maximum Gasteiger partial charge on any atom is 0.317 e. The van der Waals surface area contributed by atoms with E-state index in [4.69, 9.17) is 15.7 Å². The molecular formula is C22H33N5O2. The van der Waals surface area contributed by atoms with Gasteiger partial charge in [0.2, 0.25) is 0 Å². The van der Waals surface area contributed by atoms with Gasteiger partial charge in [0.05, 0.1) is 17.7 Å². The standard InChI is InChI=1S/C22H33N5O2/c1-22(2,3)25-21(28)27-12-17-8-18(13-27)11-26(10-17)14-19(24)15-29-20-6-4-16(9-23)5-7-20/h4-7,17-19H,8,10-15,24H2,1-3H3,(H,25,28). The highest BCUT2D eigenvalue weighted by Gasteiger charge is 2.36. The number of benzene rings is 1. The van der Waals surface area contributed by atoms with Crippen LogP contribution in [0.25, 0.3) is 0 Å². The summed E-state index contributed by atoms with van der Waals surface area (Å²) in [4.78, 5) is 16.9. The second-order valence-corrected chi connectivity index (χ2v) is 9.48. The van der Waals surface area contributed by atoms with Gasteiger partial charge >= 0.3 is 6.03 Å². The van der Waals surface area contributed by atoms with Crippen LogP contribution >= 0.6 is 0 Å². The van der Waals surface area contributed by atoms with Crippen LogP contribution in [0.3, 0.4) is 0 Å². The van der Waals surface area contributed by atoms with Crippen molar-refractivity contribution in [2.24, 2.45) is 17.6 Å². The largest absolute Gasteiger partial charge is 0.492 e. The van der Waals surface area contributed by atoms with Gasteiger partial charge in [0.15, 0.2) is 0 Å². The molecule has 7 heteroatoms. The van der Waals surface area contributed by atoms with Crippen molar-refractivity contribution in [1.82, 2.24) is 15.1 Å². The molecule has 3 N–H and O–H groups in total. The first-order chi connectivity index (χ1) is 13.7. The third-order valence-corrected chi connectivity index (χ3v) is 5.37. The Balaban J connectivity index is 1.44. The van der Waals surface area contributed by atoms with E-state index in [1.165, 1.54) is 6.42 Å². The van der Waals surface area contributed by atoms with Crippen molar-refractivity contribution >= 4 is 6.03 Å². The quantitative estimate of drug-likeness (QED) is 0.790. The third-order valence-electron chi connectivity index (χ3n) is 5.37. The highest BCUT2D eigenvalue weighted by molar-refractivity contribution is 5.75. The first-order valence-corrected chi connectivity index (χ1v) is 10.4. The van der Waals surface area contributed by atoms with E-state index in [1.807, 2.05) is 25.7 Å². The van der Waals surface area contributed by atoms with Gasteiger partial charge in [-0.1, -0.05) is 0 Å². The summed E-state index contributed by atoms with van der Waals surface area (Å²) in [7, 11) is 0. The number of amides is 2. The lowest BCUT2D eigenvalue weighted by atomic mass is 9.84. The smallest absolute Gasteiger partial charge is 0.317 e. The van der Waals surface area contributed by atoms with Crippen molar-refractivity contribution in [2.75, 3.05) is 39.3 Å². The number of rotatable bonds is 5. The number of piperidine rings is 2. The number of hydrogen-bond acceptors (Lipinski definition) is 5. The lowest BCUT2D eigenvalue weighted by molar-refractivity contribution is 0.0401. The molecule has 2 aliphatic rings. The van der Waals surface area contributed by atoms with Crippen molar-refractivity contribution in [3.05, 3.63) is 29.8 Å². The van der Waals surface area contributed by atoms with Gasteiger partial charge < -0.3 is 25.6 Å². The fourth-order valence-corrected chi connectivity index (χ4v) is 4.32. The first kappa shape index (κ1) is 21.4. The minimum absolute atomic E-state index is 0.0492. The summed E-state index contributed by atoms with van der Waals surface area (Å²) < 4.78 is 5.78. The number of hydrogen-bond donors (Lipinski definition) is 2. The van der Waals surface area contributed by atoms with Crippen LogP contribution in [0.4, 0.5) is 4.79 Å². The number of nitrogens with two attached hydrogens (primary N) is 1. The van der Waals surface area contributed by atoms with Crippen LogP contribution in [-0.2, 0) is 0 Å². The number of nitriles is 1. The normalized spacial score (nSPS) is 23.2.